The van der Waals surface area contributed by atoms with E-state index in [0.29, 0.717) is 6.42 Å². The van der Waals surface area contributed by atoms with Crippen LogP contribution in [0.3, 0.4) is 0 Å². The maximum absolute atomic E-state index is 14.6. The zero-order valence-corrected chi connectivity index (χ0v) is 21.4. The molecule has 0 heterocycles. The van der Waals surface area contributed by atoms with Gasteiger partial charge in [-0.05, 0) is 30.9 Å². The minimum atomic E-state index is -2.07. The van der Waals surface area contributed by atoms with Crippen LogP contribution in [0, 0.1) is 5.92 Å². The highest BCUT2D eigenvalue weighted by molar-refractivity contribution is 5.84. The molecule has 2 rings (SSSR count). The summed E-state index contributed by atoms with van der Waals surface area (Å²) < 4.78 is 31.8. The largest absolute Gasteiger partial charge is 0.490 e. The summed E-state index contributed by atoms with van der Waals surface area (Å²) in [5.74, 6) is -0.686. The summed E-state index contributed by atoms with van der Waals surface area (Å²) in [6.07, 6.45) is 7.17. The van der Waals surface area contributed by atoms with Gasteiger partial charge in [-0.15, -0.1) is 0 Å². The van der Waals surface area contributed by atoms with E-state index in [9.17, 15) is 9.18 Å². The second-order valence-electron chi connectivity index (χ2n) is 8.58. The first-order valence-electron chi connectivity index (χ1n) is 12.0. The van der Waals surface area contributed by atoms with E-state index < -0.39 is 23.8 Å². The SMILES string of the molecule is C=C/C=C\C(=C/C)c1cccc(-c2ccccc2)c1OCCOC(CC)OC(=O)C(C)(F)C(C)C. The van der Waals surface area contributed by atoms with Crippen LogP contribution in [-0.2, 0) is 14.3 Å². The topological polar surface area (TPSA) is 44.8 Å². The van der Waals surface area contributed by atoms with Gasteiger partial charge in [-0.2, -0.15) is 0 Å². The number of carbonyl (C=O) groups is 1. The van der Waals surface area contributed by atoms with E-state index in [2.05, 4.69) is 6.58 Å². The minimum absolute atomic E-state index is 0.173. The van der Waals surface area contributed by atoms with Gasteiger partial charge in [-0.25, -0.2) is 9.18 Å². The number of esters is 1. The lowest BCUT2D eigenvalue weighted by Crippen LogP contribution is -2.40. The van der Waals surface area contributed by atoms with E-state index in [0.717, 1.165) is 28.0 Å². The molecule has 2 atom stereocenters. The molecule has 0 amide bonds. The van der Waals surface area contributed by atoms with Gasteiger partial charge in [0.25, 0.3) is 0 Å². The van der Waals surface area contributed by atoms with Crippen LogP contribution in [0.4, 0.5) is 4.39 Å². The maximum atomic E-state index is 14.6. The highest BCUT2D eigenvalue weighted by atomic mass is 19.1. The molecular formula is C30H37FO4. The van der Waals surface area contributed by atoms with Crippen LogP contribution in [0.5, 0.6) is 5.75 Å². The fourth-order valence-corrected chi connectivity index (χ4v) is 3.31. The van der Waals surface area contributed by atoms with Gasteiger partial charge in [0, 0.05) is 17.5 Å². The van der Waals surface area contributed by atoms with E-state index in [1.807, 2.05) is 80.6 Å². The first kappa shape index (κ1) is 28.1. The van der Waals surface area contributed by atoms with Crippen molar-refractivity contribution in [3.05, 3.63) is 85.0 Å². The summed E-state index contributed by atoms with van der Waals surface area (Å²) in [6, 6.07) is 16.0. The molecule has 0 spiro atoms. The van der Waals surface area contributed by atoms with Gasteiger partial charge < -0.3 is 14.2 Å². The molecule has 0 fully saturated rings. The molecule has 5 heteroatoms. The van der Waals surface area contributed by atoms with Crippen molar-refractivity contribution in [2.75, 3.05) is 13.2 Å². The van der Waals surface area contributed by atoms with E-state index >= 15 is 0 Å². The maximum Gasteiger partial charge on any atom is 0.346 e. The Morgan fingerprint density at radius 2 is 1.83 bits per heavy atom. The van der Waals surface area contributed by atoms with Crippen molar-refractivity contribution in [2.24, 2.45) is 5.92 Å². The van der Waals surface area contributed by atoms with Crippen LogP contribution in [0.15, 0.2) is 79.4 Å². The molecule has 2 unspecified atom stereocenters. The Morgan fingerprint density at radius 1 is 1.11 bits per heavy atom. The normalized spacial score (nSPS) is 14.5. The minimum Gasteiger partial charge on any atom is -0.490 e. The quantitative estimate of drug-likeness (QED) is 0.128. The summed E-state index contributed by atoms with van der Waals surface area (Å²) in [6.45, 7) is 12.5. The van der Waals surface area contributed by atoms with Crippen molar-refractivity contribution in [3.8, 4) is 16.9 Å². The monoisotopic (exact) mass is 480 g/mol. The lowest BCUT2D eigenvalue weighted by molar-refractivity contribution is -0.194. The highest BCUT2D eigenvalue weighted by Crippen LogP contribution is 2.37. The second-order valence-corrected chi connectivity index (χ2v) is 8.58. The number of carbonyl (C=O) groups excluding carboxylic acids is 1. The Labute approximate surface area is 209 Å². The zero-order valence-electron chi connectivity index (χ0n) is 21.4. The Bertz CT molecular complexity index is 1020. The van der Waals surface area contributed by atoms with Gasteiger partial charge in [0.05, 0.1) is 6.61 Å². The number of para-hydroxylation sites is 1. The Kier molecular flexibility index (Phi) is 10.9. The number of allylic oxidation sites excluding steroid dienone is 5. The third-order valence-electron chi connectivity index (χ3n) is 5.82. The standard InChI is InChI=1S/C30H37FO4/c1-7-10-15-23(8-2)25-18-14-19-26(24-16-12-11-13-17-24)28(25)34-21-20-33-27(9-3)35-29(32)30(6,31)22(4)5/h7-8,10-19,22,27H,1,9,20-21H2,2-6H3/b15-10-,23-8+. The summed E-state index contributed by atoms with van der Waals surface area (Å²) >= 11 is 0. The highest BCUT2D eigenvalue weighted by Gasteiger charge is 2.39. The molecule has 0 N–H and O–H groups in total. The smallest absolute Gasteiger partial charge is 0.346 e. The predicted octanol–water partition coefficient (Wildman–Crippen LogP) is 7.56. The van der Waals surface area contributed by atoms with Crippen molar-refractivity contribution >= 4 is 11.5 Å². The summed E-state index contributed by atoms with van der Waals surface area (Å²) in [7, 11) is 0. The molecule has 0 aliphatic heterocycles. The van der Waals surface area contributed by atoms with Gasteiger partial charge in [0.15, 0.2) is 0 Å². The average Bonchev–Trinajstić information content (AvgIpc) is 2.86. The van der Waals surface area contributed by atoms with E-state index in [-0.39, 0.29) is 13.2 Å². The van der Waals surface area contributed by atoms with Crippen LogP contribution in [0.2, 0.25) is 0 Å². The van der Waals surface area contributed by atoms with Crippen molar-refractivity contribution < 1.29 is 23.4 Å². The lowest BCUT2D eigenvalue weighted by Gasteiger charge is -2.25. The Hall–Kier alpha value is -3.18. The predicted molar refractivity (Wildman–Crippen MR) is 141 cm³/mol. The van der Waals surface area contributed by atoms with Gasteiger partial charge in [0.1, 0.15) is 12.4 Å². The van der Waals surface area contributed by atoms with Gasteiger partial charge in [-0.3, -0.25) is 0 Å². The van der Waals surface area contributed by atoms with Crippen LogP contribution in [0.25, 0.3) is 16.7 Å². The molecule has 4 nitrogen and oxygen atoms in total. The van der Waals surface area contributed by atoms with Gasteiger partial charge >= 0.3 is 5.97 Å². The molecular weight excluding hydrogens is 443 g/mol. The van der Waals surface area contributed by atoms with Crippen LogP contribution in [-0.4, -0.2) is 31.1 Å². The average molecular weight is 481 g/mol. The first-order valence-corrected chi connectivity index (χ1v) is 12.0. The fraction of sp³-hybridized carbons (Fsp3) is 0.367. The third-order valence-corrected chi connectivity index (χ3v) is 5.82. The molecule has 0 aliphatic carbocycles. The number of benzene rings is 2. The zero-order chi connectivity index (χ0) is 25.8. The molecule has 0 saturated heterocycles. The lowest BCUT2D eigenvalue weighted by atomic mass is 9.95. The van der Waals surface area contributed by atoms with E-state index in [1.165, 1.54) is 6.92 Å². The van der Waals surface area contributed by atoms with Gasteiger partial charge in [-0.1, -0.05) is 100 Å². The van der Waals surface area contributed by atoms with Gasteiger partial charge in [0.2, 0.25) is 12.0 Å². The first-order chi connectivity index (χ1) is 16.8. The number of alkyl halides is 1. The Morgan fingerprint density at radius 3 is 2.43 bits per heavy atom. The molecule has 0 aromatic heterocycles. The van der Waals surface area contributed by atoms with Crippen LogP contribution in [0.1, 0.15) is 46.6 Å². The Balaban J connectivity index is 2.20. The van der Waals surface area contributed by atoms with Crippen molar-refractivity contribution in [1.82, 2.24) is 0 Å². The van der Waals surface area contributed by atoms with E-state index in [1.54, 1.807) is 19.9 Å². The van der Waals surface area contributed by atoms with Crippen molar-refractivity contribution in [2.45, 2.75) is 53.0 Å². The summed E-state index contributed by atoms with van der Waals surface area (Å²) in [5.41, 5.74) is 1.85. The second kappa shape index (κ2) is 13.6. The molecule has 0 radical (unpaired) electrons. The summed E-state index contributed by atoms with van der Waals surface area (Å²) in [4.78, 5) is 12.2. The molecule has 2 aromatic carbocycles. The van der Waals surface area contributed by atoms with Crippen LogP contribution < -0.4 is 4.74 Å². The summed E-state index contributed by atoms with van der Waals surface area (Å²) in [5, 5.41) is 0. The molecule has 0 aliphatic rings. The van der Waals surface area contributed by atoms with Crippen LogP contribution >= 0.6 is 0 Å². The fourth-order valence-electron chi connectivity index (χ4n) is 3.31. The number of rotatable bonds is 13. The molecule has 2 aromatic rings. The van der Waals surface area contributed by atoms with E-state index in [4.69, 9.17) is 14.2 Å². The third kappa shape index (κ3) is 7.66. The van der Waals surface area contributed by atoms with Crippen molar-refractivity contribution in [1.29, 1.82) is 0 Å². The molecule has 35 heavy (non-hydrogen) atoms. The number of hydrogen-bond acceptors (Lipinski definition) is 4. The van der Waals surface area contributed by atoms with Crippen molar-refractivity contribution in [3.63, 3.8) is 0 Å². The number of hydrogen-bond donors (Lipinski definition) is 0. The number of ether oxygens (including phenoxy) is 3. The molecule has 0 saturated carbocycles. The molecule has 0 bridgehead atoms. The number of halogens is 1. The molecule has 188 valence electrons.